The zero-order valence-corrected chi connectivity index (χ0v) is 15.5. The Morgan fingerprint density at radius 3 is 1.79 bits per heavy atom. The Kier molecular flexibility index (Phi) is 6.42. The Labute approximate surface area is 163 Å². The predicted molar refractivity (Wildman–Crippen MR) is 104 cm³/mol. The van der Waals surface area contributed by atoms with Gasteiger partial charge in [0.2, 0.25) is 11.8 Å². The summed E-state index contributed by atoms with van der Waals surface area (Å²) in [5.74, 6) is -3.68. The van der Waals surface area contributed by atoms with Gasteiger partial charge < -0.3 is 5.11 Å². The van der Waals surface area contributed by atoms with Gasteiger partial charge in [0.05, 0.1) is 17.8 Å². The number of hydrazine groups is 1. The molecule has 1 aliphatic rings. The predicted octanol–water partition coefficient (Wildman–Crippen LogP) is 2.86. The van der Waals surface area contributed by atoms with Crippen LogP contribution in [0.3, 0.4) is 0 Å². The molecule has 0 radical (unpaired) electrons. The van der Waals surface area contributed by atoms with E-state index in [9.17, 15) is 19.5 Å². The highest BCUT2D eigenvalue weighted by molar-refractivity contribution is 5.90. The first-order valence-electron chi connectivity index (χ1n) is 9.50. The van der Waals surface area contributed by atoms with Gasteiger partial charge in [-0.1, -0.05) is 73.5 Å². The van der Waals surface area contributed by atoms with Gasteiger partial charge in [0, 0.05) is 0 Å². The SMILES string of the molecule is O=C(NNC(=O)[C@@H]1CCCC[C@@H]1C(=O)O)C(c1ccccc1)c1ccccc1. The fourth-order valence-corrected chi connectivity index (χ4v) is 3.81. The maximum Gasteiger partial charge on any atom is 0.307 e. The van der Waals surface area contributed by atoms with Crippen LogP contribution in [-0.2, 0) is 14.4 Å². The van der Waals surface area contributed by atoms with Crippen LogP contribution in [0.1, 0.15) is 42.7 Å². The van der Waals surface area contributed by atoms with Crippen LogP contribution in [0.15, 0.2) is 60.7 Å². The van der Waals surface area contributed by atoms with Gasteiger partial charge in [-0.15, -0.1) is 0 Å². The molecule has 1 fully saturated rings. The first kappa shape index (κ1) is 19.6. The molecule has 2 aromatic rings. The molecular weight excluding hydrogens is 356 g/mol. The number of nitrogens with one attached hydrogen (secondary N) is 2. The van der Waals surface area contributed by atoms with Crippen molar-refractivity contribution in [3.05, 3.63) is 71.8 Å². The summed E-state index contributed by atoms with van der Waals surface area (Å²) in [7, 11) is 0. The third kappa shape index (κ3) is 4.57. The number of benzene rings is 2. The summed E-state index contributed by atoms with van der Waals surface area (Å²) in [6, 6.07) is 18.6. The number of carbonyl (C=O) groups is 3. The lowest BCUT2D eigenvalue weighted by Crippen LogP contribution is -2.49. The van der Waals surface area contributed by atoms with Crippen molar-refractivity contribution in [2.75, 3.05) is 0 Å². The molecule has 1 saturated carbocycles. The maximum absolute atomic E-state index is 12.9. The second-order valence-corrected chi connectivity index (χ2v) is 7.07. The molecule has 0 unspecified atom stereocenters. The molecule has 0 bridgehead atoms. The average molecular weight is 380 g/mol. The van der Waals surface area contributed by atoms with Crippen LogP contribution in [0, 0.1) is 11.8 Å². The van der Waals surface area contributed by atoms with Gasteiger partial charge in [0.1, 0.15) is 0 Å². The first-order chi connectivity index (χ1) is 13.6. The summed E-state index contributed by atoms with van der Waals surface area (Å²) in [4.78, 5) is 36.8. The third-order valence-electron chi connectivity index (χ3n) is 5.26. The van der Waals surface area contributed by atoms with Crippen molar-refractivity contribution in [3.8, 4) is 0 Å². The van der Waals surface area contributed by atoms with Crippen LogP contribution in [0.5, 0.6) is 0 Å². The molecule has 0 heterocycles. The zero-order valence-electron chi connectivity index (χ0n) is 15.5. The molecule has 0 aliphatic heterocycles. The number of amides is 2. The lowest BCUT2D eigenvalue weighted by molar-refractivity contribution is -0.149. The molecule has 0 spiro atoms. The first-order valence-corrected chi connectivity index (χ1v) is 9.50. The molecular formula is C22H24N2O4. The van der Waals surface area contributed by atoms with Gasteiger partial charge in [-0.3, -0.25) is 25.2 Å². The molecule has 0 saturated heterocycles. The molecule has 146 valence electrons. The summed E-state index contributed by atoms with van der Waals surface area (Å²) >= 11 is 0. The molecule has 28 heavy (non-hydrogen) atoms. The van der Waals surface area contributed by atoms with Crippen molar-refractivity contribution in [3.63, 3.8) is 0 Å². The maximum atomic E-state index is 12.9. The van der Waals surface area contributed by atoms with Crippen molar-refractivity contribution in [2.24, 2.45) is 11.8 Å². The largest absolute Gasteiger partial charge is 0.481 e. The van der Waals surface area contributed by atoms with Gasteiger partial charge in [0.15, 0.2) is 0 Å². The Morgan fingerprint density at radius 2 is 1.29 bits per heavy atom. The van der Waals surface area contributed by atoms with E-state index < -0.39 is 29.6 Å². The number of carbonyl (C=O) groups excluding carboxylic acids is 2. The van der Waals surface area contributed by atoms with Crippen LogP contribution in [-0.4, -0.2) is 22.9 Å². The normalized spacial score (nSPS) is 19.0. The summed E-state index contributed by atoms with van der Waals surface area (Å²) in [6.07, 6.45) is 2.61. The Morgan fingerprint density at radius 1 is 0.786 bits per heavy atom. The average Bonchev–Trinajstić information content (AvgIpc) is 2.73. The topological polar surface area (TPSA) is 95.5 Å². The minimum atomic E-state index is -0.961. The number of rotatable bonds is 5. The highest BCUT2D eigenvalue weighted by atomic mass is 16.4. The van der Waals surface area contributed by atoms with Gasteiger partial charge in [-0.05, 0) is 24.0 Å². The molecule has 6 heteroatoms. The smallest absolute Gasteiger partial charge is 0.307 e. The Hall–Kier alpha value is -3.15. The van der Waals surface area contributed by atoms with Crippen LogP contribution >= 0.6 is 0 Å². The number of hydrogen-bond donors (Lipinski definition) is 3. The summed E-state index contributed by atoms with van der Waals surface area (Å²) in [5.41, 5.74) is 6.57. The highest BCUT2D eigenvalue weighted by Crippen LogP contribution is 2.30. The minimum Gasteiger partial charge on any atom is -0.481 e. The van der Waals surface area contributed by atoms with E-state index in [0.717, 1.165) is 24.0 Å². The molecule has 6 nitrogen and oxygen atoms in total. The van der Waals surface area contributed by atoms with Crippen LogP contribution < -0.4 is 10.9 Å². The number of hydrogen-bond acceptors (Lipinski definition) is 3. The quantitative estimate of drug-likeness (QED) is 0.695. The second kappa shape index (κ2) is 9.17. The summed E-state index contributed by atoms with van der Waals surface area (Å²) in [5, 5.41) is 9.35. The zero-order chi connectivity index (χ0) is 19.9. The molecule has 3 rings (SSSR count). The molecule has 2 atom stereocenters. The fourth-order valence-electron chi connectivity index (χ4n) is 3.81. The summed E-state index contributed by atoms with van der Waals surface area (Å²) < 4.78 is 0. The Balaban J connectivity index is 1.72. The van der Waals surface area contributed by atoms with E-state index in [1.165, 1.54) is 0 Å². The second-order valence-electron chi connectivity index (χ2n) is 7.07. The molecule has 2 aromatic carbocycles. The van der Waals surface area contributed by atoms with Crippen molar-refractivity contribution in [2.45, 2.75) is 31.6 Å². The number of carboxylic acids is 1. The highest BCUT2D eigenvalue weighted by Gasteiger charge is 2.36. The van der Waals surface area contributed by atoms with Crippen molar-refractivity contribution >= 4 is 17.8 Å². The third-order valence-corrected chi connectivity index (χ3v) is 5.26. The Bertz CT molecular complexity index is 783. The molecule has 1 aliphatic carbocycles. The van der Waals surface area contributed by atoms with Crippen LogP contribution in [0.2, 0.25) is 0 Å². The lowest BCUT2D eigenvalue weighted by Gasteiger charge is -2.27. The molecule has 0 aromatic heterocycles. The van der Waals surface area contributed by atoms with Gasteiger partial charge in [-0.25, -0.2) is 0 Å². The number of carboxylic acid groups (broad SMARTS) is 1. The number of aliphatic carboxylic acids is 1. The van der Waals surface area contributed by atoms with Crippen LogP contribution in [0.25, 0.3) is 0 Å². The van der Waals surface area contributed by atoms with E-state index in [-0.39, 0.29) is 5.91 Å². The van der Waals surface area contributed by atoms with E-state index in [1.54, 1.807) is 0 Å². The van der Waals surface area contributed by atoms with Gasteiger partial charge >= 0.3 is 5.97 Å². The van der Waals surface area contributed by atoms with Crippen LogP contribution in [0.4, 0.5) is 0 Å². The standard InChI is InChI=1S/C22H24N2O4/c25-20(17-13-7-8-14-18(17)22(27)28)23-24-21(26)19(15-9-3-1-4-10-15)16-11-5-2-6-12-16/h1-6,9-12,17-19H,7-8,13-14H2,(H,23,25)(H,24,26)(H,27,28)/t17-,18+/m1/s1. The monoisotopic (exact) mass is 380 g/mol. The van der Waals surface area contributed by atoms with Gasteiger partial charge in [0.25, 0.3) is 0 Å². The van der Waals surface area contributed by atoms with Crippen molar-refractivity contribution in [1.82, 2.24) is 10.9 Å². The van der Waals surface area contributed by atoms with Crippen molar-refractivity contribution in [1.29, 1.82) is 0 Å². The van der Waals surface area contributed by atoms with E-state index >= 15 is 0 Å². The van der Waals surface area contributed by atoms with E-state index in [2.05, 4.69) is 10.9 Å². The summed E-state index contributed by atoms with van der Waals surface area (Å²) in [6.45, 7) is 0. The van der Waals surface area contributed by atoms with E-state index in [1.807, 2.05) is 60.7 Å². The molecule has 2 amide bonds. The molecule has 3 N–H and O–H groups in total. The van der Waals surface area contributed by atoms with Gasteiger partial charge in [-0.2, -0.15) is 0 Å². The minimum absolute atomic E-state index is 0.367. The van der Waals surface area contributed by atoms with E-state index in [0.29, 0.717) is 12.8 Å². The fraction of sp³-hybridized carbons (Fsp3) is 0.318. The van der Waals surface area contributed by atoms with E-state index in [4.69, 9.17) is 0 Å². The lowest BCUT2D eigenvalue weighted by atomic mass is 9.79. The van der Waals surface area contributed by atoms with Crippen molar-refractivity contribution < 1.29 is 19.5 Å².